The van der Waals surface area contributed by atoms with Crippen molar-refractivity contribution < 1.29 is 13.2 Å². The van der Waals surface area contributed by atoms with E-state index in [1.165, 1.54) is 0 Å². The van der Waals surface area contributed by atoms with Gasteiger partial charge >= 0.3 is 0 Å². The van der Waals surface area contributed by atoms with E-state index >= 15 is 0 Å². The molecule has 0 bridgehead atoms. The Balaban J connectivity index is 2.45. The fourth-order valence-electron chi connectivity index (χ4n) is 2.34. The number of carbonyl (C=O) groups is 1. The normalized spacial score (nSPS) is 27.0. The van der Waals surface area contributed by atoms with Crippen molar-refractivity contribution >= 4 is 15.6 Å². The van der Waals surface area contributed by atoms with E-state index in [1.807, 2.05) is 6.92 Å². The van der Waals surface area contributed by atoms with E-state index in [1.54, 1.807) is 0 Å². The largest absolute Gasteiger partial charge is 0.299 e. The van der Waals surface area contributed by atoms with Gasteiger partial charge in [0.2, 0.25) is 0 Å². The molecule has 0 aromatic rings. The highest BCUT2D eigenvalue weighted by molar-refractivity contribution is 7.91. The summed E-state index contributed by atoms with van der Waals surface area (Å²) < 4.78 is 23.1. The minimum atomic E-state index is -2.92. The number of sulfone groups is 1. The molecule has 0 aliphatic heterocycles. The Morgan fingerprint density at radius 2 is 2.00 bits per heavy atom. The third-order valence-electron chi connectivity index (χ3n) is 3.32. The number of hydrogen-bond acceptors (Lipinski definition) is 3. The average molecular weight is 246 g/mol. The predicted octanol–water partition coefficient (Wildman–Crippen LogP) is 2.21. The van der Waals surface area contributed by atoms with Crippen molar-refractivity contribution in [3.63, 3.8) is 0 Å². The fraction of sp³-hybridized carbons (Fsp3) is 0.917. The Bertz CT molecular complexity index is 332. The van der Waals surface area contributed by atoms with E-state index < -0.39 is 9.84 Å². The van der Waals surface area contributed by atoms with E-state index in [0.29, 0.717) is 25.2 Å². The molecule has 1 rings (SSSR count). The first-order chi connectivity index (χ1) is 7.44. The zero-order valence-electron chi connectivity index (χ0n) is 10.2. The van der Waals surface area contributed by atoms with Gasteiger partial charge in [0.1, 0.15) is 15.6 Å². The first-order valence-corrected chi connectivity index (χ1v) is 8.00. The van der Waals surface area contributed by atoms with Gasteiger partial charge in [-0.15, -0.1) is 0 Å². The molecule has 1 saturated carbocycles. The molecule has 16 heavy (non-hydrogen) atoms. The van der Waals surface area contributed by atoms with Crippen molar-refractivity contribution in [2.75, 3.05) is 11.5 Å². The molecule has 0 heterocycles. The zero-order chi connectivity index (χ0) is 12.2. The molecule has 2 atom stereocenters. The summed E-state index contributed by atoms with van der Waals surface area (Å²) in [5.41, 5.74) is 0. The highest BCUT2D eigenvalue weighted by Crippen LogP contribution is 2.28. The third kappa shape index (κ3) is 4.24. The minimum absolute atomic E-state index is 0.00428. The van der Waals surface area contributed by atoms with E-state index in [0.717, 1.165) is 12.8 Å². The molecule has 0 aromatic carbocycles. The lowest BCUT2D eigenvalue weighted by atomic mass is 9.80. The fourth-order valence-corrected chi connectivity index (χ4v) is 3.81. The second-order valence-corrected chi connectivity index (χ2v) is 7.29. The smallest absolute Gasteiger partial charge is 0.150 e. The predicted molar refractivity (Wildman–Crippen MR) is 65.1 cm³/mol. The lowest BCUT2D eigenvalue weighted by Gasteiger charge is -2.25. The van der Waals surface area contributed by atoms with Gasteiger partial charge in [0.15, 0.2) is 0 Å². The molecule has 0 radical (unpaired) electrons. The van der Waals surface area contributed by atoms with Crippen LogP contribution in [0.25, 0.3) is 0 Å². The van der Waals surface area contributed by atoms with Gasteiger partial charge in [0, 0.05) is 18.1 Å². The van der Waals surface area contributed by atoms with Gasteiger partial charge in [-0.05, 0) is 31.6 Å². The Kier molecular flexibility index (Phi) is 4.96. The van der Waals surface area contributed by atoms with Gasteiger partial charge in [-0.25, -0.2) is 8.42 Å². The van der Waals surface area contributed by atoms with Gasteiger partial charge in [0.25, 0.3) is 0 Å². The summed E-state index contributed by atoms with van der Waals surface area (Å²) in [5, 5.41) is 0. The van der Waals surface area contributed by atoms with E-state index in [9.17, 15) is 13.2 Å². The van der Waals surface area contributed by atoms with Crippen LogP contribution < -0.4 is 0 Å². The number of Topliss-reactive ketones (excluding diaryl/α,β-unsaturated/α-hetero) is 1. The van der Waals surface area contributed by atoms with Crippen LogP contribution in [0, 0.1) is 11.8 Å². The van der Waals surface area contributed by atoms with Crippen molar-refractivity contribution in [3.05, 3.63) is 0 Å². The summed E-state index contributed by atoms with van der Waals surface area (Å²) in [6.07, 6.45) is 3.68. The maximum atomic E-state index is 11.6. The molecular weight excluding hydrogens is 224 g/mol. The van der Waals surface area contributed by atoms with Crippen LogP contribution in [-0.2, 0) is 14.6 Å². The maximum absolute atomic E-state index is 11.6. The van der Waals surface area contributed by atoms with Crippen LogP contribution in [0.3, 0.4) is 0 Å². The van der Waals surface area contributed by atoms with Crippen molar-refractivity contribution in [2.45, 2.75) is 46.0 Å². The molecule has 0 aromatic heterocycles. The molecule has 1 aliphatic rings. The topological polar surface area (TPSA) is 51.2 Å². The third-order valence-corrected chi connectivity index (χ3v) is 5.21. The SMILES string of the molecule is CCCS(=O)(=O)CCC1CC(C)CCC1=O. The van der Waals surface area contributed by atoms with E-state index in [4.69, 9.17) is 0 Å². The lowest BCUT2D eigenvalue weighted by Crippen LogP contribution is -2.26. The molecular formula is C12H22O3S. The standard InChI is InChI=1S/C12H22O3S/c1-3-7-16(14,15)8-6-11-9-10(2)4-5-12(11)13/h10-11H,3-9H2,1-2H3. The van der Waals surface area contributed by atoms with E-state index in [2.05, 4.69) is 6.92 Å². The second-order valence-electron chi connectivity index (χ2n) is 4.98. The van der Waals surface area contributed by atoms with E-state index in [-0.39, 0.29) is 23.2 Å². The summed E-state index contributed by atoms with van der Waals surface area (Å²) in [6.45, 7) is 4.01. The van der Waals surface area contributed by atoms with Gasteiger partial charge in [0.05, 0.1) is 5.75 Å². The molecule has 0 saturated heterocycles. The first-order valence-electron chi connectivity index (χ1n) is 6.17. The van der Waals surface area contributed by atoms with Crippen LogP contribution in [0.4, 0.5) is 0 Å². The highest BCUT2D eigenvalue weighted by atomic mass is 32.2. The van der Waals surface area contributed by atoms with Crippen LogP contribution in [-0.4, -0.2) is 25.7 Å². The second kappa shape index (κ2) is 5.80. The molecule has 4 heteroatoms. The zero-order valence-corrected chi connectivity index (χ0v) is 11.1. The Hall–Kier alpha value is -0.380. The Morgan fingerprint density at radius 3 is 2.62 bits per heavy atom. The highest BCUT2D eigenvalue weighted by Gasteiger charge is 2.27. The average Bonchev–Trinajstić information content (AvgIpc) is 2.19. The number of hydrogen-bond donors (Lipinski definition) is 0. The summed E-state index contributed by atoms with van der Waals surface area (Å²) >= 11 is 0. The molecule has 0 amide bonds. The Labute approximate surface area is 98.5 Å². The molecule has 1 fully saturated rings. The van der Waals surface area contributed by atoms with Crippen LogP contribution >= 0.6 is 0 Å². The quantitative estimate of drug-likeness (QED) is 0.747. The van der Waals surface area contributed by atoms with Crippen molar-refractivity contribution in [1.82, 2.24) is 0 Å². The summed E-state index contributed by atoms with van der Waals surface area (Å²) in [7, 11) is -2.92. The van der Waals surface area contributed by atoms with Gasteiger partial charge < -0.3 is 0 Å². The molecule has 2 unspecified atom stereocenters. The van der Waals surface area contributed by atoms with Gasteiger partial charge in [-0.1, -0.05) is 13.8 Å². The van der Waals surface area contributed by atoms with Crippen LogP contribution in [0.1, 0.15) is 46.0 Å². The van der Waals surface area contributed by atoms with Crippen LogP contribution in [0.2, 0.25) is 0 Å². The lowest BCUT2D eigenvalue weighted by molar-refractivity contribution is -0.125. The number of rotatable bonds is 5. The van der Waals surface area contributed by atoms with Gasteiger partial charge in [-0.2, -0.15) is 0 Å². The minimum Gasteiger partial charge on any atom is -0.299 e. The van der Waals surface area contributed by atoms with Gasteiger partial charge in [-0.3, -0.25) is 4.79 Å². The summed E-state index contributed by atoms with van der Waals surface area (Å²) in [6, 6.07) is 0. The first kappa shape index (κ1) is 13.7. The van der Waals surface area contributed by atoms with Crippen molar-refractivity contribution in [1.29, 1.82) is 0 Å². The molecule has 0 spiro atoms. The number of ketones is 1. The monoisotopic (exact) mass is 246 g/mol. The number of carbonyl (C=O) groups excluding carboxylic acids is 1. The molecule has 94 valence electrons. The maximum Gasteiger partial charge on any atom is 0.150 e. The van der Waals surface area contributed by atoms with Crippen molar-refractivity contribution in [2.24, 2.45) is 11.8 Å². The van der Waals surface area contributed by atoms with Crippen molar-refractivity contribution in [3.8, 4) is 0 Å². The van der Waals surface area contributed by atoms with Crippen LogP contribution in [0.5, 0.6) is 0 Å². The van der Waals surface area contributed by atoms with Crippen LogP contribution in [0.15, 0.2) is 0 Å². The molecule has 0 N–H and O–H groups in total. The molecule has 1 aliphatic carbocycles. The Morgan fingerprint density at radius 1 is 1.31 bits per heavy atom. The summed E-state index contributed by atoms with van der Waals surface area (Å²) in [4.78, 5) is 11.6. The molecule has 3 nitrogen and oxygen atoms in total. The summed E-state index contributed by atoms with van der Waals surface area (Å²) in [5.74, 6) is 1.27.